The lowest BCUT2D eigenvalue weighted by Crippen LogP contribution is -2.34. The maximum Gasteiger partial charge on any atom is 0.329 e. The number of nitrogens with one attached hydrogen (secondary N) is 2. The fourth-order valence-electron chi connectivity index (χ4n) is 2.55. The zero-order valence-electron chi connectivity index (χ0n) is 13.9. The van der Waals surface area contributed by atoms with Gasteiger partial charge in [-0.05, 0) is 37.5 Å². The van der Waals surface area contributed by atoms with Gasteiger partial charge in [-0.15, -0.1) is 0 Å². The molecule has 0 fully saturated rings. The minimum atomic E-state index is -0.393. The smallest absolute Gasteiger partial charge is 0.329 e. The van der Waals surface area contributed by atoms with Gasteiger partial charge in [-0.1, -0.05) is 38.3 Å². The van der Waals surface area contributed by atoms with Crippen molar-refractivity contribution in [3.63, 3.8) is 0 Å². The Morgan fingerprint density at radius 2 is 1.78 bits per heavy atom. The van der Waals surface area contributed by atoms with Crippen molar-refractivity contribution in [2.24, 2.45) is 0 Å². The van der Waals surface area contributed by atoms with E-state index in [0.29, 0.717) is 12.4 Å². The van der Waals surface area contributed by atoms with Crippen LogP contribution >= 0.6 is 0 Å². The first-order chi connectivity index (χ1) is 11.1. The average molecular weight is 315 g/mol. The van der Waals surface area contributed by atoms with Crippen molar-refractivity contribution in [3.05, 3.63) is 56.7 Å². The number of unbranched alkanes of at least 4 members (excludes halogenated alkanes) is 3. The summed E-state index contributed by atoms with van der Waals surface area (Å²) in [6.07, 6.45) is 6.10. The first-order valence-corrected chi connectivity index (χ1v) is 8.34. The highest BCUT2D eigenvalue weighted by molar-refractivity contribution is 5.55. The number of rotatable bonds is 8. The molecule has 0 aliphatic rings. The van der Waals surface area contributed by atoms with E-state index in [0.717, 1.165) is 16.7 Å². The van der Waals surface area contributed by atoms with Crippen molar-refractivity contribution < 1.29 is 0 Å². The van der Waals surface area contributed by atoms with Gasteiger partial charge in [0.15, 0.2) is 0 Å². The lowest BCUT2D eigenvalue weighted by atomic mass is 10.1. The normalized spacial score (nSPS) is 10.7. The van der Waals surface area contributed by atoms with Crippen molar-refractivity contribution in [3.8, 4) is 0 Å². The molecule has 1 aromatic heterocycles. The molecule has 2 aromatic rings. The Balaban J connectivity index is 2.01. The first kappa shape index (κ1) is 17.1. The molecule has 0 atom stereocenters. The van der Waals surface area contributed by atoms with Crippen LogP contribution < -0.4 is 16.6 Å². The van der Waals surface area contributed by atoms with Gasteiger partial charge in [-0.25, -0.2) is 4.79 Å². The summed E-state index contributed by atoms with van der Waals surface area (Å²) in [6, 6.07) is 9.51. The van der Waals surface area contributed by atoms with Gasteiger partial charge in [-0.2, -0.15) is 0 Å². The zero-order valence-corrected chi connectivity index (χ0v) is 13.9. The van der Waals surface area contributed by atoms with Crippen LogP contribution in [-0.2, 0) is 13.0 Å². The molecule has 0 aliphatic heterocycles. The molecule has 0 radical (unpaired) electrons. The number of anilines is 2. The summed E-state index contributed by atoms with van der Waals surface area (Å²) in [6.45, 7) is 4.34. The maximum absolute atomic E-state index is 11.8. The number of aromatic nitrogens is 2. The molecule has 2 N–H and O–H groups in total. The minimum Gasteiger partial charge on any atom is -0.342 e. The Labute approximate surface area is 136 Å². The minimum absolute atomic E-state index is 0.300. The van der Waals surface area contributed by atoms with Crippen LogP contribution in [0.5, 0.6) is 0 Å². The van der Waals surface area contributed by atoms with Crippen LogP contribution in [0.15, 0.2) is 39.9 Å². The van der Waals surface area contributed by atoms with Gasteiger partial charge in [0.05, 0.1) is 0 Å². The van der Waals surface area contributed by atoms with Crippen LogP contribution in [0.25, 0.3) is 0 Å². The van der Waals surface area contributed by atoms with Crippen LogP contribution in [0.1, 0.15) is 45.1 Å². The number of benzene rings is 1. The van der Waals surface area contributed by atoms with Gasteiger partial charge in [0.1, 0.15) is 5.82 Å². The molecule has 23 heavy (non-hydrogen) atoms. The van der Waals surface area contributed by atoms with Crippen molar-refractivity contribution >= 4 is 11.5 Å². The second kappa shape index (κ2) is 8.36. The van der Waals surface area contributed by atoms with Crippen molar-refractivity contribution in [1.82, 2.24) is 9.55 Å². The van der Waals surface area contributed by atoms with E-state index in [4.69, 9.17) is 0 Å². The summed E-state index contributed by atoms with van der Waals surface area (Å²) in [4.78, 5) is 26.3. The third-order valence-electron chi connectivity index (χ3n) is 3.89. The van der Waals surface area contributed by atoms with Crippen molar-refractivity contribution in [2.75, 3.05) is 5.32 Å². The lowest BCUT2D eigenvalue weighted by Gasteiger charge is -2.08. The third-order valence-corrected chi connectivity index (χ3v) is 3.89. The quantitative estimate of drug-likeness (QED) is 0.733. The number of H-pyrrole nitrogens is 1. The lowest BCUT2D eigenvalue weighted by molar-refractivity contribution is 0.667. The average Bonchev–Trinajstić information content (AvgIpc) is 2.53. The van der Waals surface area contributed by atoms with E-state index in [1.165, 1.54) is 37.3 Å². The molecular formula is C18H25N3O2. The number of nitrogens with zero attached hydrogens (tertiary/aromatic N) is 1. The summed E-state index contributed by atoms with van der Waals surface area (Å²) in [5.41, 5.74) is 1.47. The Kier molecular flexibility index (Phi) is 6.20. The predicted octanol–water partition coefficient (Wildman–Crippen LogP) is 3.42. The van der Waals surface area contributed by atoms with Gasteiger partial charge in [0.25, 0.3) is 5.56 Å². The molecule has 0 spiro atoms. The fraction of sp³-hybridized carbons (Fsp3) is 0.444. The molecule has 1 heterocycles. The van der Waals surface area contributed by atoms with E-state index in [-0.39, 0.29) is 5.56 Å². The molecule has 0 aliphatic carbocycles. The molecule has 0 amide bonds. The van der Waals surface area contributed by atoms with E-state index in [2.05, 4.69) is 29.4 Å². The van der Waals surface area contributed by atoms with E-state index in [1.54, 1.807) is 6.92 Å². The fourth-order valence-corrected chi connectivity index (χ4v) is 2.55. The van der Waals surface area contributed by atoms with E-state index in [9.17, 15) is 9.59 Å². The molecule has 0 bridgehead atoms. The molecule has 5 heteroatoms. The second-order valence-electron chi connectivity index (χ2n) is 5.70. The van der Waals surface area contributed by atoms with Crippen molar-refractivity contribution in [2.45, 2.75) is 52.5 Å². The van der Waals surface area contributed by atoms with Crippen LogP contribution in [0.4, 0.5) is 11.5 Å². The second-order valence-corrected chi connectivity index (χ2v) is 5.70. The standard InChI is InChI=1S/C18H25N3O2/c1-3-5-6-7-8-14-9-11-15(12-10-14)19-16-13-17(22)21(4-2)18(23)20-16/h9-13,19H,3-8H2,1-2H3,(H,20,23). The summed E-state index contributed by atoms with van der Waals surface area (Å²) in [7, 11) is 0. The Morgan fingerprint density at radius 1 is 1.04 bits per heavy atom. The number of aromatic amines is 1. The number of aryl methyl sites for hydroxylation is 1. The topological polar surface area (TPSA) is 66.9 Å². The first-order valence-electron chi connectivity index (χ1n) is 8.34. The summed E-state index contributed by atoms with van der Waals surface area (Å²) >= 11 is 0. The van der Waals surface area contributed by atoms with E-state index < -0.39 is 5.69 Å². The highest BCUT2D eigenvalue weighted by atomic mass is 16.2. The molecule has 0 unspecified atom stereocenters. The van der Waals surface area contributed by atoms with Gasteiger partial charge < -0.3 is 5.32 Å². The third kappa shape index (κ3) is 4.84. The van der Waals surface area contributed by atoms with Crippen LogP contribution in [0.2, 0.25) is 0 Å². The van der Waals surface area contributed by atoms with Gasteiger partial charge in [0, 0.05) is 18.3 Å². The highest BCUT2D eigenvalue weighted by Crippen LogP contribution is 2.15. The largest absolute Gasteiger partial charge is 0.342 e. The van der Waals surface area contributed by atoms with Gasteiger partial charge in [-0.3, -0.25) is 14.3 Å². The van der Waals surface area contributed by atoms with E-state index >= 15 is 0 Å². The van der Waals surface area contributed by atoms with E-state index in [1.807, 2.05) is 12.1 Å². The number of hydrogen-bond acceptors (Lipinski definition) is 3. The number of hydrogen-bond donors (Lipinski definition) is 2. The zero-order chi connectivity index (χ0) is 16.7. The predicted molar refractivity (Wildman–Crippen MR) is 94.6 cm³/mol. The molecular weight excluding hydrogens is 290 g/mol. The summed E-state index contributed by atoms with van der Waals surface area (Å²) in [5.74, 6) is 0.417. The molecule has 0 saturated carbocycles. The van der Waals surface area contributed by atoms with Gasteiger partial charge >= 0.3 is 5.69 Å². The van der Waals surface area contributed by atoms with Crippen LogP contribution in [-0.4, -0.2) is 9.55 Å². The molecule has 5 nitrogen and oxygen atoms in total. The monoisotopic (exact) mass is 315 g/mol. The Hall–Kier alpha value is -2.30. The molecule has 124 valence electrons. The Bertz CT molecular complexity index is 698. The maximum atomic E-state index is 11.8. The molecule has 1 aromatic carbocycles. The Morgan fingerprint density at radius 3 is 2.39 bits per heavy atom. The molecule has 0 saturated heterocycles. The SMILES string of the molecule is CCCCCCc1ccc(Nc2cc(=O)n(CC)c(=O)[nH]2)cc1. The summed E-state index contributed by atoms with van der Waals surface area (Å²) in [5, 5.41) is 3.07. The summed E-state index contributed by atoms with van der Waals surface area (Å²) < 4.78 is 1.16. The highest BCUT2D eigenvalue weighted by Gasteiger charge is 2.03. The van der Waals surface area contributed by atoms with Crippen LogP contribution in [0.3, 0.4) is 0 Å². The van der Waals surface area contributed by atoms with Crippen molar-refractivity contribution in [1.29, 1.82) is 0 Å². The van der Waals surface area contributed by atoms with Gasteiger partial charge in [0.2, 0.25) is 0 Å². The van der Waals surface area contributed by atoms with Crippen LogP contribution in [0, 0.1) is 0 Å². The molecule has 2 rings (SSSR count).